The summed E-state index contributed by atoms with van der Waals surface area (Å²) in [6.45, 7) is -1.08. The van der Waals surface area contributed by atoms with Crippen LogP contribution in [0.1, 0.15) is 30.4 Å². The van der Waals surface area contributed by atoms with Gasteiger partial charge in [-0.15, -0.1) is 5.10 Å². The van der Waals surface area contributed by atoms with Crippen LogP contribution in [-0.4, -0.2) is 69.5 Å². The number of aromatic nitrogens is 4. The number of rotatable bonds is 11. The van der Waals surface area contributed by atoms with Gasteiger partial charge in [-0.05, 0) is 64.9 Å². The average molecular weight is 571 g/mol. The Kier molecular flexibility index (Phi) is 6.50. The van der Waals surface area contributed by atoms with Crippen LogP contribution in [0.4, 0.5) is 17.6 Å². The Morgan fingerprint density at radius 1 is 1.13 bits per heavy atom. The van der Waals surface area contributed by atoms with Crippen LogP contribution >= 0.6 is 0 Å². The highest BCUT2D eigenvalue weighted by Crippen LogP contribution is 2.80. The fraction of sp³-hybridized carbons (Fsp3) is 0.480. The zero-order valence-electron chi connectivity index (χ0n) is 20.8. The predicted molar refractivity (Wildman–Crippen MR) is 129 cm³/mol. The zero-order valence-corrected chi connectivity index (χ0v) is 21.6. The number of ether oxygens (including phenoxy) is 1. The summed E-state index contributed by atoms with van der Waals surface area (Å²) in [6.07, 6.45) is 0.921. The second-order valence-corrected chi connectivity index (χ2v) is 12.9. The maximum atomic E-state index is 16.3. The Balaban J connectivity index is 1.33. The molecule has 0 radical (unpaired) electrons. The largest absolute Gasteiger partial charge is 0.491 e. The molecular weight excluding hydrogens is 544 g/mol. The van der Waals surface area contributed by atoms with Crippen molar-refractivity contribution in [3.05, 3.63) is 71.6 Å². The number of hydrogen-bond donors (Lipinski definition) is 2. The van der Waals surface area contributed by atoms with Gasteiger partial charge in [-0.1, -0.05) is 12.1 Å². The molecule has 1 unspecified atom stereocenters. The molecule has 0 amide bonds. The first-order valence-corrected chi connectivity index (χ1v) is 14.1. The first kappa shape index (κ1) is 27.5. The van der Waals surface area contributed by atoms with Crippen LogP contribution in [0, 0.1) is 17.0 Å². The van der Waals surface area contributed by atoms with Gasteiger partial charge in [0.25, 0.3) is 5.92 Å². The predicted octanol–water partition coefficient (Wildman–Crippen LogP) is 2.38. The van der Waals surface area contributed by atoms with Gasteiger partial charge in [-0.2, -0.15) is 0 Å². The number of halogens is 4. The minimum atomic E-state index is -3.83. The van der Waals surface area contributed by atoms with Crippen LogP contribution < -0.4 is 4.74 Å². The molecule has 3 aromatic rings. The Bertz CT molecular complexity index is 1450. The summed E-state index contributed by atoms with van der Waals surface area (Å²) in [7, 11) is -3.37. The van der Waals surface area contributed by atoms with Crippen molar-refractivity contribution in [3.8, 4) is 5.75 Å². The van der Waals surface area contributed by atoms with Gasteiger partial charge in [0.05, 0.1) is 12.3 Å². The second-order valence-electron chi connectivity index (χ2n) is 10.7. The van der Waals surface area contributed by atoms with Crippen molar-refractivity contribution >= 4 is 9.84 Å². The lowest BCUT2D eigenvalue weighted by Gasteiger charge is -2.74. The molecular formula is C25H26F4N4O5S. The van der Waals surface area contributed by atoms with Gasteiger partial charge in [0, 0.05) is 23.3 Å². The lowest BCUT2D eigenvalue weighted by atomic mass is 9.30. The summed E-state index contributed by atoms with van der Waals surface area (Å²) < 4.78 is 89.7. The number of aliphatic hydroxyl groups is 2. The van der Waals surface area contributed by atoms with Gasteiger partial charge in [-0.3, -0.25) is 0 Å². The second kappa shape index (κ2) is 9.24. The van der Waals surface area contributed by atoms with E-state index in [2.05, 4.69) is 15.5 Å². The monoisotopic (exact) mass is 570 g/mol. The van der Waals surface area contributed by atoms with Crippen LogP contribution in [-0.2, 0) is 27.4 Å². The lowest BCUT2D eigenvalue weighted by molar-refractivity contribution is -0.347. The van der Waals surface area contributed by atoms with Crippen LogP contribution in [0.5, 0.6) is 5.75 Å². The molecule has 2 atom stereocenters. The quantitative estimate of drug-likeness (QED) is 0.337. The van der Waals surface area contributed by atoms with Gasteiger partial charge in [-0.25, -0.2) is 30.7 Å². The molecule has 2 N–H and O–H groups in total. The molecule has 0 aliphatic heterocycles. The van der Waals surface area contributed by atoms with E-state index in [1.54, 1.807) is 24.3 Å². The molecule has 6 rings (SSSR count). The summed E-state index contributed by atoms with van der Waals surface area (Å²) >= 11 is 0. The number of benzene rings is 2. The molecule has 3 fully saturated rings. The van der Waals surface area contributed by atoms with E-state index in [4.69, 9.17) is 4.74 Å². The number of hydrogen-bond acceptors (Lipinski definition) is 8. The fourth-order valence-corrected chi connectivity index (χ4v) is 6.82. The van der Waals surface area contributed by atoms with Gasteiger partial charge >= 0.3 is 0 Å². The third kappa shape index (κ3) is 4.67. The van der Waals surface area contributed by atoms with E-state index in [1.165, 1.54) is 0 Å². The third-order valence-electron chi connectivity index (χ3n) is 7.78. The highest BCUT2D eigenvalue weighted by Gasteiger charge is 2.82. The Morgan fingerprint density at radius 2 is 1.79 bits per heavy atom. The van der Waals surface area contributed by atoms with Gasteiger partial charge in [0.15, 0.2) is 5.60 Å². The third-order valence-corrected chi connectivity index (χ3v) is 8.77. The van der Waals surface area contributed by atoms with Crippen molar-refractivity contribution in [1.29, 1.82) is 0 Å². The van der Waals surface area contributed by atoms with Gasteiger partial charge in [0.1, 0.15) is 46.3 Å². The van der Waals surface area contributed by atoms with E-state index < -0.39 is 67.8 Å². The Hall–Kier alpha value is -3.10. The Morgan fingerprint density at radius 3 is 2.36 bits per heavy atom. The van der Waals surface area contributed by atoms with Crippen molar-refractivity contribution in [3.63, 3.8) is 0 Å². The van der Waals surface area contributed by atoms with E-state index in [1.807, 2.05) is 0 Å². The van der Waals surface area contributed by atoms with Gasteiger partial charge < -0.3 is 14.9 Å². The zero-order chi connectivity index (χ0) is 28.3. The average Bonchev–Trinajstić information content (AvgIpc) is 3.28. The molecule has 3 saturated carbocycles. The van der Waals surface area contributed by atoms with Crippen molar-refractivity contribution in [2.45, 2.75) is 48.8 Å². The molecule has 2 aromatic carbocycles. The van der Waals surface area contributed by atoms with Crippen molar-refractivity contribution in [2.75, 3.05) is 18.6 Å². The smallest absolute Gasteiger partial charge is 0.287 e. The van der Waals surface area contributed by atoms with E-state index in [0.29, 0.717) is 11.8 Å². The molecule has 1 aromatic heterocycles. The molecule has 9 nitrogen and oxygen atoms in total. The number of sulfone groups is 1. The number of tetrazole rings is 1. The fourth-order valence-electron chi connectivity index (χ4n) is 6.03. The molecule has 39 heavy (non-hydrogen) atoms. The number of nitrogens with zero attached hydrogens (tertiary/aromatic N) is 4. The highest BCUT2D eigenvalue weighted by atomic mass is 32.2. The van der Waals surface area contributed by atoms with E-state index in [-0.39, 0.29) is 25.9 Å². The summed E-state index contributed by atoms with van der Waals surface area (Å²) in [6, 6.07) is 8.72. The lowest BCUT2D eigenvalue weighted by Crippen LogP contribution is -2.76. The SMILES string of the molecule is CS(=O)(=O)CC(O)COc1ccc(C23CC(C(F)(F)[C@](O)(Cn4cnnn4)c4ccc(F)cc4F)(C2)C3)cc1. The number of alkyl halides is 2. The van der Waals surface area contributed by atoms with Crippen LogP contribution in [0.15, 0.2) is 48.8 Å². The topological polar surface area (TPSA) is 127 Å². The molecule has 0 saturated heterocycles. The van der Waals surface area contributed by atoms with E-state index >= 15 is 8.78 Å². The van der Waals surface area contributed by atoms with Crippen LogP contribution in [0.2, 0.25) is 0 Å². The number of aliphatic hydroxyl groups excluding tert-OH is 1. The first-order valence-electron chi connectivity index (χ1n) is 12.0. The standard InChI is InChI=1S/C25H26F4N4O5S/c1-39(36,37)10-18(34)9-38-19-5-2-16(3-6-19)22-11-23(12-22,13-22)25(28,29)24(35,14-33-15-30-31-32-33)20-7-4-17(26)8-21(20)27/h2-8,15,18,34-35H,9-14H2,1H3/t18?,22?,23?,24-/m0/s1. The molecule has 0 spiro atoms. The van der Waals surface area contributed by atoms with Crippen molar-refractivity contribution in [1.82, 2.24) is 20.2 Å². The maximum absolute atomic E-state index is 16.3. The van der Waals surface area contributed by atoms with Crippen molar-refractivity contribution in [2.24, 2.45) is 5.41 Å². The maximum Gasteiger partial charge on any atom is 0.287 e. The van der Waals surface area contributed by atoms with Crippen LogP contribution in [0.25, 0.3) is 0 Å². The highest BCUT2D eigenvalue weighted by molar-refractivity contribution is 7.90. The summed E-state index contributed by atoms with van der Waals surface area (Å²) in [5.74, 6) is -6.16. The Labute approximate surface area is 221 Å². The van der Waals surface area contributed by atoms with Crippen molar-refractivity contribution < 1.29 is 40.9 Å². The van der Waals surface area contributed by atoms with Crippen LogP contribution in [0.3, 0.4) is 0 Å². The first-order chi connectivity index (χ1) is 18.2. The summed E-state index contributed by atoms with van der Waals surface area (Å²) in [4.78, 5) is 0. The molecule has 2 bridgehead atoms. The summed E-state index contributed by atoms with van der Waals surface area (Å²) in [5, 5.41) is 31.6. The molecule has 1 heterocycles. The molecule has 210 valence electrons. The minimum absolute atomic E-state index is 0.0288. The van der Waals surface area contributed by atoms with E-state index in [0.717, 1.165) is 35.0 Å². The van der Waals surface area contributed by atoms with E-state index in [9.17, 15) is 27.4 Å². The molecule has 3 aliphatic rings. The normalized spacial score (nSPS) is 24.8. The molecule has 3 aliphatic carbocycles. The van der Waals surface area contributed by atoms with Gasteiger partial charge in [0.2, 0.25) is 0 Å². The molecule has 14 heteroatoms. The minimum Gasteiger partial charge on any atom is -0.491 e. The summed E-state index contributed by atoms with van der Waals surface area (Å²) in [5.41, 5.74) is -5.21.